The Labute approximate surface area is 86.1 Å². The normalized spacial score (nSPS) is 9.67. The van der Waals surface area contributed by atoms with Crippen molar-refractivity contribution in [3.8, 4) is 0 Å². The lowest BCUT2D eigenvalue weighted by atomic mass is 10.2. The van der Waals surface area contributed by atoms with Crippen molar-refractivity contribution in [3.05, 3.63) is 39.2 Å². The van der Waals surface area contributed by atoms with Crippen molar-refractivity contribution in [1.29, 1.82) is 0 Å². The van der Waals surface area contributed by atoms with Crippen molar-refractivity contribution in [2.75, 3.05) is 0 Å². The summed E-state index contributed by atoms with van der Waals surface area (Å²) in [5.41, 5.74) is -2.05. The van der Waals surface area contributed by atoms with Gasteiger partial charge < -0.3 is 0 Å². The number of hydrogen-bond donors (Lipinski definition) is 0. The van der Waals surface area contributed by atoms with Crippen LogP contribution in [-0.4, -0.2) is 4.92 Å². The van der Waals surface area contributed by atoms with Crippen molar-refractivity contribution in [2.24, 2.45) is 0 Å². The molecule has 1 rings (SSSR count). The number of rotatable bonds is 1. The van der Waals surface area contributed by atoms with E-state index in [-0.39, 0.29) is 13.5 Å². The van der Waals surface area contributed by atoms with Crippen LogP contribution >= 0.6 is 13.5 Å². The van der Waals surface area contributed by atoms with E-state index in [4.69, 9.17) is 0 Å². The zero-order valence-corrected chi connectivity index (χ0v) is 7.38. The standard InChI is InChI=1S/C6F5NO2.S/c7-1-2(8)4(10)6(12(13)14)5(11)3(1)9;. The van der Waals surface area contributed by atoms with E-state index in [9.17, 15) is 32.1 Å². The van der Waals surface area contributed by atoms with Crippen LogP contribution in [0.4, 0.5) is 27.6 Å². The zero-order chi connectivity index (χ0) is 11.0. The molecule has 0 heterocycles. The Kier molecular flexibility index (Phi) is 4.02. The van der Waals surface area contributed by atoms with Crippen LogP contribution in [0.2, 0.25) is 0 Å². The van der Waals surface area contributed by atoms with Gasteiger partial charge in [0.25, 0.3) is 0 Å². The molecule has 0 amide bonds. The van der Waals surface area contributed by atoms with Gasteiger partial charge in [-0.1, -0.05) is 0 Å². The van der Waals surface area contributed by atoms with E-state index < -0.39 is 39.7 Å². The highest BCUT2D eigenvalue weighted by atomic mass is 32.1. The smallest absolute Gasteiger partial charge is 0.258 e. The third-order valence-electron chi connectivity index (χ3n) is 1.37. The first-order valence-electron chi connectivity index (χ1n) is 3.03. The molecule has 0 aromatic heterocycles. The molecule has 0 saturated heterocycles. The van der Waals surface area contributed by atoms with Gasteiger partial charge in [-0.05, 0) is 0 Å². The van der Waals surface area contributed by atoms with Crippen LogP contribution in [-0.2, 0) is 0 Å². The van der Waals surface area contributed by atoms with E-state index in [1.54, 1.807) is 0 Å². The first-order chi connectivity index (χ1) is 6.37. The predicted molar refractivity (Wildman–Crippen MR) is 40.5 cm³/mol. The van der Waals surface area contributed by atoms with Gasteiger partial charge in [0.1, 0.15) is 0 Å². The maximum atomic E-state index is 12.5. The van der Waals surface area contributed by atoms with E-state index in [1.165, 1.54) is 0 Å². The van der Waals surface area contributed by atoms with Gasteiger partial charge in [0.2, 0.25) is 29.1 Å². The Morgan fingerprint density at radius 1 is 0.800 bits per heavy atom. The van der Waals surface area contributed by atoms with Gasteiger partial charge in [-0.25, -0.2) is 13.2 Å². The summed E-state index contributed by atoms with van der Waals surface area (Å²) in [6, 6.07) is 0. The van der Waals surface area contributed by atoms with E-state index in [0.717, 1.165) is 0 Å². The Hall–Kier alpha value is -1.38. The summed E-state index contributed by atoms with van der Waals surface area (Å²) in [5, 5.41) is 9.93. The molecule has 0 saturated carbocycles. The molecular formula is C6F5NO2S. The summed E-state index contributed by atoms with van der Waals surface area (Å²) in [5.74, 6) is -12.0. The van der Waals surface area contributed by atoms with Crippen molar-refractivity contribution >= 4 is 19.2 Å². The molecule has 1 aromatic carbocycles. The molecule has 0 aliphatic carbocycles. The van der Waals surface area contributed by atoms with Crippen LogP contribution in [0.15, 0.2) is 0 Å². The van der Waals surface area contributed by atoms with Gasteiger partial charge in [0.15, 0.2) is 0 Å². The van der Waals surface area contributed by atoms with Gasteiger partial charge in [0, 0.05) is 13.5 Å². The molecule has 3 nitrogen and oxygen atoms in total. The number of halogens is 5. The minimum Gasteiger partial charge on any atom is -0.258 e. The summed E-state index contributed by atoms with van der Waals surface area (Å²) in [4.78, 5) is 8.24. The van der Waals surface area contributed by atoms with E-state index >= 15 is 0 Å². The van der Waals surface area contributed by atoms with Crippen LogP contribution in [0.25, 0.3) is 0 Å². The number of nitro groups is 1. The second-order valence-electron chi connectivity index (χ2n) is 2.18. The predicted octanol–water partition coefficient (Wildman–Crippen LogP) is 2.94. The Balaban J connectivity index is 0.00000196. The van der Waals surface area contributed by atoms with Crippen molar-refractivity contribution < 1.29 is 26.9 Å². The highest BCUT2D eigenvalue weighted by Crippen LogP contribution is 2.28. The van der Waals surface area contributed by atoms with Gasteiger partial charge in [-0.2, -0.15) is 8.78 Å². The first kappa shape index (κ1) is 13.6. The fourth-order valence-corrected chi connectivity index (χ4v) is 0.754. The summed E-state index contributed by atoms with van der Waals surface area (Å²) in [6.07, 6.45) is 0. The van der Waals surface area contributed by atoms with Crippen LogP contribution in [0.1, 0.15) is 0 Å². The zero-order valence-electron chi connectivity index (χ0n) is 6.56. The fraction of sp³-hybridized carbons (Fsp3) is 0. The number of hydrogen-bond acceptors (Lipinski definition) is 2. The van der Waals surface area contributed by atoms with Crippen LogP contribution in [0.5, 0.6) is 0 Å². The summed E-state index contributed by atoms with van der Waals surface area (Å²) in [7, 11) is 0. The Bertz CT molecular complexity index is 395. The molecular weight excluding hydrogens is 245 g/mol. The van der Waals surface area contributed by atoms with Gasteiger partial charge in [-0.15, -0.1) is 0 Å². The van der Waals surface area contributed by atoms with Crippen molar-refractivity contribution in [2.45, 2.75) is 0 Å². The first-order valence-corrected chi connectivity index (χ1v) is 3.03. The van der Waals surface area contributed by atoms with E-state index in [0.29, 0.717) is 0 Å². The SMILES string of the molecule is O=[N+]([O-])c1c(F)c(F)c(F)c(F)c1F.[S]. The minimum atomic E-state index is -2.43. The van der Waals surface area contributed by atoms with Crippen LogP contribution < -0.4 is 0 Å². The summed E-state index contributed by atoms with van der Waals surface area (Å²) in [6.45, 7) is 0. The van der Waals surface area contributed by atoms with Gasteiger partial charge in [0.05, 0.1) is 4.92 Å². The molecule has 0 fully saturated rings. The largest absolute Gasteiger partial charge is 0.346 e. The topological polar surface area (TPSA) is 43.1 Å². The fourth-order valence-electron chi connectivity index (χ4n) is 0.754. The number of nitrogens with zero attached hydrogens (tertiary/aromatic N) is 1. The molecule has 0 N–H and O–H groups in total. The van der Waals surface area contributed by atoms with Gasteiger partial charge in [-0.3, -0.25) is 10.1 Å². The minimum absolute atomic E-state index is 0. The monoisotopic (exact) mass is 245 g/mol. The molecule has 2 radical (unpaired) electrons. The molecule has 0 atom stereocenters. The maximum Gasteiger partial charge on any atom is 0.346 e. The average Bonchev–Trinajstić information content (AvgIpc) is 2.11. The molecule has 0 spiro atoms. The van der Waals surface area contributed by atoms with Crippen molar-refractivity contribution in [1.82, 2.24) is 0 Å². The third-order valence-corrected chi connectivity index (χ3v) is 1.37. The average molecular weight is 245 g/mol. The Morgan fingerprint density at radius 3 is 1.33 bits per heavy atom. The number of nitro benzene ring substituents is 1. The molecule has 0 aliphatic heterocycles. The quantitative estimate of drug-likeness (QED) is 0.251. The van der Waals surface area contributed by atoms with Crippen LogP contribution in [0.3, 0.4) is 0 Å². The lowest BCUT2D eigenvalue weighted by Crippen LogP contribution is -2.06. The number of benzene rings is 1. The van der Waals surface area contributed by atoms with Gasteiger partial charge >= 0.3 is 5.69 Å². The van der Waals surface area contributed by atoms with Crippen LogP contribution in [0, 0.1) is 39.2 Å². The Morgan fingerprint density at radius 2 is 1.07 bits per heavy atom. The molecule has 1 aromatic rings. The highest BCUT2D eigenvalue weighted by molar-refractivity contribution is 7.59. The van der Waals surface area contributed by atoms with E-state index in [1.807, 2.05) is 0 Å². The molecule has 0 aliphatic rings. The second kappa shape index (κ2) is 4.43. The lowest BCUT2D eigenvalue weighted by Gasteiger charge is -2.00. The highest BCUT2D eigenvalue weighted by Gasteiger charge is 2.33. The van der Waals surface area contributed by atoms with Crippen molar-refractivity contribution in [3.63, 3.8) is 0 Å². The molecule has 9 heteroatoms. The molecule has 0 bridgehead atoms. The maximum absolute atomic E-state index is 12.5. The molecule has 15 heavy (non-hydrogen) atoms. The summed E-state index contributed by atoms with van der Waals surface area (Å²) >= 11 is 0. The third kappa shape index (κ3) is 2.01. The van der Waals surface area contributed by atoms with E-state index in [2.05, 4.69) is 0 Å². The summed E-state index contributed by atoms with van der Waals surface area (Å²) < 4.78 is 61.9. The molecule has 0 unspecified atom stereocenters. The second-order valence-corrected chi connectivity index (χ2v) is 2.18. The molecule has 82 valence electrons. The lowest BCUT2D eigenvalue weighted by molar-refractivity contribution is -0.390.